The van der Waals surface area contributed by atoms with Crippen molar-refractivity contribution in [1.29, 1.82) is 0 Å². The number of nitrogens with zero attached hydrogens (tertiary/aromatic N) is 2. The van der Waals surface area contributed by atoms with Crippen LogP contribution in [0, 0.1) is 12.7 Å². The third-order valence-corrected chi connectivity index (χ3v) is 6.90. The van der Waals surface area contributed by atoms with Gasteiger partial charge >= 0.3 is 0 Å². The molecular formula is C18H18FN3O5S2. The van der Waals surface area contributed by atoms with E-state index in [0.717, 1.165) is 16.5 Å². The van der Waals surface area contributed by atoms with E-state index in [0.29, 0.717) is 36.0 Å². The number of anilines is 1. The minimum absolute atomic E-state index is 0.00258. The van der Waals surface area contributed by atoms with Crippen LogP contribution in [-0.4, -0.2) is 31.8 Å². The van der Waals surface area contributed by atoms with Crippen LogP contribution in [-0.2, 0) is 27.8 Å². The summed E-state index contributed by atoms with van der Waals surface area (Å²) in [6.07, 6.45) is 0.599. The summed E-state index contributed by atoms with van der Waals surface area (Å²) >= 11 is 1.24. The van der Waals surface area contributed by atoms with Crippen LogP contribution in [0.2, 0.25) is 0 Å². The Bertz CT molecular complexity index is 1160. The first kappa shape index (κ1) is 19.8. The van der Waals surface area contributed by atoms with Crippen LogP contribution in [0.4, 0.5) is 9.39 Å². The molecule has 1 aliphatic rings. The van der Waals surface area contributed by atoms with Crippen molar-refractivity contribution >= 4 is 26.4 Å². The van der Waals surface area contributed by atoms with Gasteiger partial charge in [-0.2, -0.15) is 4.98 Å². The van der Waals surface area contributed by atoms with Crippen LogP contribution >= 0.6 is 11.3 Å². The van der Waals surface area contributed by atoms with Crippen LogP contribution in [0.5, 0.6) is 5.75 Å². The normalized spacial score (nSPS) is 13.9. The minimum Gasteiger partial charge on any atom is -0.491 e. The maximum absolute atomic E-state index is 14.2. The van der Waals surface area contributed by atoms with Crippen molar-refractivity contribution in [3.05, 3.63) is 40.3 Å². The lowest BCUT2D eigenvalue weighted by Crippen LogP contribution is -2.13. The van der Waals surface area contributed by atoms with E-state index in [-0.39, 0.29) is 23.1 Å². The number of aromatic nitrogens is 2. The number of fused-ring (bicyclic) bond motifs is 1. The number of halogens is 1. The van der Waals surface area contributed by atoms with Gasteiger partial charge in [0.2, 0.25) is 0 Å². The van der Waals surface area contributed by atoms with Gasteiger partial charge in [-0.1, -0.05) is 5.16 Å². The number of nitrogens with one attached hydrogen (secondary N) is 1. The van der Waals surface area contributed by atoms with Crippen molar-refractivity contribution in [2.24, 2.45) is 0 Å². The molecule has 0 amide bonds. The molecule has 154 valence electrons. The Morgan fingerprint density at radius 2 is 2.21 bits per heavy atom. The SMILES string of the molecule is CCOc1ccc(S(=O)(=O)Nc2sc3c(c2-c2nc(C)no2)CCOC3)cc1F. The van der Waals surface area contributed by atoms with Crippen LogP contribution < -0.4 is 9.46 Å². The standard InChI is InChI=1S/C18H18FN3O5S2/c1-3-26-14-5-4-11(8-13(14)19)29(23,24)22-18-16(17-20-10(2)21-27-17)12-6-7-25-9-15(12)28-18/h4-5,8,22H,3,6-7,9H2,1-2H3. The molecule has 0 radical (unpaired) electrons. The van der Waals surface area contributed by atoms with E-state index in [1.807, 2.05) is 0 Å². The lowest BCUT2D eigenvalue weighted by molar-refractivity contribution is 0.113. The molecular weight excluding hydrogens is 421 g/mol. The Hall–Kier alpha value is -2.50. The molecule has 0 saturated carbocycles. The van der Waals surface area contributed by atoms with Gasteiger partial charge in [0.05, 0.1) is 30.3 Å². The largest absolute Gasteiger partial charge is 0.491 e. The first-order chi connectivity index (χ1) is 13.9. The summed E-state index contributed by atoms with van der Waals surface area (Å²) in [6, 6.07) is 3.52. The number of sulfonamides is 1. The number of rotatable bonds is 6. The zero-order chi connectivity index (χ0) is 20.6. The van der Waals surface area contributed by atoms with E-state index in [1.165, 1.54) is 23.5 Å². The van der Waals surface area contributed by atoms with Crippen LogP contribution in [0.25, 0.3) is 11.5 Å². The van der Waals surface area contributed by atoms with Gasteiger partial charge in [0.25, 0.3) is 15.9 Å². The Morgan fingerprint density at radius 3 is 2.90 bits per heavy atom. The van der Waals surface area contributed by atoms with Gasteiger partial charge < -0.3 is 14.0 Å². The zero-order valence-electron chi connectivity index (χ0n) is 15.7. The summed E-state index contributed by atoms with van der Waals surface area (Å²) in [5, 5.41) is 4.13. The molecule has 29 heavy (non-hydrogen) atoms. The number of benzene rings is 1. The summed E-state index contributed by atoms with van der Waals surface area (Å²) in [5.41, 5.74) is 1.46. The summed E-state index contributed by atoms with van der Waals surface area (Å²) in [4.78, 5) is 4.92. The maximum Gasteiger partial charge on any atom is 0.262 e. The smallest absolute Gasteiger partial charge is 0.262 e. The van der Waals surface area contributed by atoms with Gasteiger partial charge in [-0.3, -0.25) is 4.72 Å². The van der Waals surface area contributed by atoms with E-state index in [4.69, 9.17) is 14.0 Å². The van der Waals surface area contributed by atoms with Crippen molar-refractivity contribution in [1.82, 2.24) is 10.1 Å². The molecule has 3 aromatic rings. The highest BCUT2D eigenvalue weighted by Crippen LogP contribution is 2.43. The molecule has 0 bridgehead atoms. The van der Waals surface area contributed by atoms with Crippen molar-refractivity contribution in [3.8, 4) is 17.2 Å². The second-order valence-corrected chi connectivity index (χ2v) is 9.08. The van der Waals surface area contributed by atoms with E-state index in [2.05, 4.69) is 14.9 Å². The third-order valence-electron chi connectivity index (χ3n) is 4.30. The second kappa shape index (κ2) is 7.73. The number of hydrogen-bond acceptors (Lipinski definition) is 8. The third kappa shape index (κ3) is 3.85. The first-order valence-corrected chi connectivity index (χ1v) is 11.2. The Morgan fingerprint density at radius 1 is 1.38 bits per heavy atom. The number of thiophene rings is 1. The lowest BCUT2D eigenvalue weighted by Gasteiger charge is -2.12. The van der Waals surface area contributed by atoms with Gasteiger partial charge in [-0.15, -0.1) is 11.3 Å². The average Bonchev–Trinajstić information content (AvgIpc) is 3.25. The van der Waals surface area contributed by atoms with Crippen molar-refractivity contribution in [2.75, 3.05) is 17.9 Å². The second-order valence-electron chi connectivity index (χ2n) is 6.29. The summed E-state index contributed by atoms with van der Waals surface area (Å²) in [6.45, 7) is 4.56. The molecule has 0 atom stereocenters. The molecule has 0 saturated heterocycles. The van der Waals surface area contributed by atoms with E-state index in [9.17, 15) is 12.8 Å². The van der Waals surface area contributed by atoms with Gasteiger partial charge in [-0.25, -0.2) is 12.8 Å². The lowest BCUT2D eigenvalue weighted by atomic mass is 10.1. The van der Waals surface area contributed by atoms with E-state index in [1.54, 1.807) is 13.8 Å². The Balaban J connectivity index is 1.74. The van der Waals surface area contributed by atoms with Gasteiger partial charge in [-0.05, 0) is 44.0 Å². The molecule has 1 N–H and O–H groups in total. The Kier molecular flexibility index (Phi) is 5.28. The molecule has 1 aromatic carbocycles. The topological polar surface area (TPSA) is 104 Å². The predicted molar refractivity (Wildman–Crippen MR) is 104 cm³/mol. The molecule has 3 heterocycles. The fourth-order valence-electron chi connectivity index (χ4n) is 3.03. The molecule has 2 aromatic heterocycles. The van der Waals surface area contributed by atoms with E-state index < -0.39 is 15.8 Å². The maximum atomic E-state index is 14.2. The van der Waals surface area contributed by atoms with Crippen molar-refractivity contribution in [2.45, 2.75) is 31.8 Å². The molecule has 0 spiro atoms. The van der Waals surface area contributed by atoms with Crippen molar-refractivity contribution in [3.63, 3.8) is 0 Å². The predicted octanol–water partition coefficient (Wildman–Crippen LogP) is 3.52. The number of aryl methyl sites for hydroxylation is 1. The zero-order valence-corrected chi connectivity index (χ0v) is 17.3. The van der Waals surface area contributed by atoms with Crippen LogP contribution in [0.1, 0.15) is 23.2 Å². The first-order valence-electron chi connectivity index (χ1n) is 8.87. The quantitative estimate of drug-likeness (QED) is 0.627. The van der Waals surface area contributed by atoms with Crippen LogP contribution in [0.15, 0.2) is 27.6 Å². The molecule has 0 aliphatic carbocycles. The van der Waals surface area contributed by atoms with Crippen LogP contribution in [0.3, 0.4) is 0 Å². The molecule has 0 unspecified atom stereocenters. The highest BCUT2D eigenvalue weighted by Gasteiger charge is 2.28. The molecule has 8 nitrogen and oxygen atoms in total. The average molecular weight is 439 g/mol. The summed E-state index contributed by atoms with van der Waals surface area (Å²) in [7, 11) is -4.06. The number of hydrogen-bond donors (Lipinski definition) is 1. The molecule has 4 rings (SSSR count). The van der Waals surface area contributed by atoms with Gasteiger partial charge in [0, 0.05) is 4.88 Å². The molecule has 11 heteroatoms. The number of ether oxygens (including phenoxy) is 2. The van der Waals surface area contributed by atoms with Gasteiger partial charge in [0.15, 0.2) is 17.4 Å². The Labute approximate surface area is 170 Å². The van der Waals surface area contributed by atoms with Gasteiger partial charge in [0.1, 0.15) is 5.00 Å². The van der Waals surface area contributed by atoms with Crippen molar-refractivity contribution < 1.29 is 26.8 Å². The molecule has 0 fully saturated rings. The summed E-state index contributed by atoms with van der Waals surface area (Å²) in [5.74, 6) is -0.0783. The monoisotopic (exact) mass is 439 g/mol. The highest BCUT2D eigenvalue weighted by atomic mass is 32.2. The fourth-order valence-corrected chi connectivity index (χ4v) is 5.53. The van der Waals surface area contributed by atoms with E-state index >= 15 is 0 Å². The highest BCUT2D eigenvalue weighted by molar-refractivity contribution is 7.93. The molecule has 1 aliphatic heterocycles. The summed E-state index contributed by atoms with van der Waals surface area (Å²) < 4.78 is 58.4. The minimum atomic E-state index is -4.06. The fraction of sp³-hybridized carbons (Fsp3) is 0.333.